The number of rotatable bonds is 55. The van der Waals surface area contributed by atoms with E-state index in [4.69, 9.17) is 4.74 Å². The fourth-order valence-corrected chi connectivity index (χ4v) is 9.28. The van der Waals surface area contributed by atoms with E-state index in [1.807, 2.05) is 6.08 Å². The van der Waals surface area contributed by atoms with Crippen molar-refractivity contribution in [2.24, 2.45) is 0 Å². The molecule has 0 bridgehead atoms. The molecular weight excluding hydrogens is 803 g/mol. The second kappa shape index (κ2) is 55.2. The van der Waals surface area contributed by atoms with Gasteiger partial charge in [-0.25, -0.2) is 0 Å². The summed E-state index contributed by atoms with van der Waals surface area (Å²) in [5.74, 6) is -0.0600. The van der Waals surface area contributed by atoms with Crippen LogP contribution in [0.25, 0.3) is 0 Å². The monoisotopic (exact) mass is 918 g/mol. The van der Waals surface area contributed by atoms with Crippen molar-refractivity contribution in [3.63, 3.8) is 0 Å². The molecule has 65 heavy (non-hydrogen) atoms. The molecule has 0 saturated carbocycles. The zero-order valence-corrected chi connectivity index (χ0v) is 44.0. The van der Waals surface area contributed by atoms with Crippen LogP contribution in [0.4, 0.5) is 0 Å². The molecule has 1 amide bonds. The van der Waals surface area contributed by atoms with Crippen molar-refractivity contribution in [2.75, 3.05) is 13.2 Å². The summed E-state index contributed by atoms with van der Waals surface area (Å²) < 4.78 is 5.48. The van der Waals surface area contributed by atoms with Gasteiger partial charge in [0, 0.05) is 12.8 Å². The smallest absolute Gasteiger partial charge is 0.305 e. The van der Waals surface area contributed by atoms with E-state index in [1.54, 1.807) is 6.08 Å². The van der Waals surface area contributed by atoms with E-state index in [0.29, 0.717) is 19.4 Å². The van der Waals surface area contributed by atoms with Crippen molar-refractivity contribution in [3.05, 3.63) is 12.2 Å². The summed E-state index contributed by atoms with van der Waals surface area (Å²) in [6.07, 6.45) is 65.2. The van der Waals surface area contributed by atoms with E-state index in [-0.39, 0.29) is 18.5 Å². The minimum atomic E-state index is -0.846. The lowest BCUT2D eigenvalue weighted by atomic mass is 10.0. The van der Waals surface area contributed by atoms with Crippen molar-refractivity contribution in [1.29, 1.82) is 0 Å². The van der Waals surface area contributed by atoms with E-state index in [1.165, 1.54) is 263 Å². The molecule has 386 valence electrons. The molecule has 0 aliphatic carbocycles. The summed E-state index contributed by atoms with van der Waals surface area (Å²) >= 11 is 0. The maximum absolute atomic E-state index is 12.5. The molecule has 3 N–H and O–H groups in total. The van der Waals surface area contributed by atoms with Crippen LogP contribution in [0.1, 0.15) is 328 Å². The Bertz CT molecular complexity index is 970. The van der Waals surface area contributed by atoms with Gasteiger partial charge in [0.1, 0.15) is 0 Å². The third-order valence-corrected chi connectivity index (χ3v) is 13.8. The van der Waals surface area contributed by atoms with Gasteiger partial charge in [-0.1, -0.05) is 296 Å². The number of hydrogen-bond acceptors (Lipinski definition) is 5. The quantitative estimate of drug-likeness (QED) is 0.0321. The molecule has 6 heteroatoms. The Morgan fingerprint density at radius 1 is 0.415 bits per heavy atom. The lowest BCUT2D eigenvalue weighted by Crippen LogP contribution is -2.45. The topological polar surface area (TPSA) is 95.9 Å². The van der Waals surface area contributed by atoms with Gasteiger partial charge in [-0.2, -0.15) is 0 Å². The van der Waals surface area contributed by atoms with Crippen LogP contribution in [0.3, 0.4) is 0 Å². The number of aliphatic hydroxyl groups excluding tert-OH is 2. The second-order valence-corrected chi connectivity index (χ2v) is 20.3. The largest absolute Gasteiger partial charge is 0.466 e. The summed E-state index contributed by atoms with van der Waals surface area (Å²) in [6, 6.07) is -0.629. The Morgan fingerprint density at radius 3 is 1.05 bits per heavy atom. The van der Waals surface area contributed by atoms with Gasteiger partial charge in [-0.3, -0.25) is 9.59 Å². The third-order valence-electron chi connectivity index (χ3n) is 13.8. The lowest BCUT2D eigenvalue weighted by molar-refractivity contribution is -0.143. The maximum Gasteiger partial charge on any atom is 0.305 e. The molecule has 0 fully saturated rings. The second-order valence-electron chi connectivity index (χ2n) is 20.3. The number of hydrogen-bond donors (Lipinski definition) is 3. The molecule has 6 nitrogen and oxygen atoms in total. The van der Waals surface area contributed by atoms with E-state index >= 15 is 0 Å². The normalized spacial score (nSPS) is 12.6. The Labute approximate surface area is 406 Å². The first kappa shape index (κ1) is 63.6. The van der Waals surface area contributed by atoms with Crippen LogP contribution in [0.5, 0.6) is 0 Å². The fourth-order valence-electron chi connectivity index (χ4n) is 9.28. The van der Waals surface area contributed by atoms with Gasteiger partial charge in [-0.05, 0) is 32.1 Å². The molecule has 0 aromatic heterocycles. The third kappa shape index (κ3) is 51.8. The van der Waals surface area contributed by atoms with E-state index in [0.717, 1.165) is 38.5 Å². The van der Waals surface area contributed by atoms with E-state index in [9.17, 15) is 19.8 Å². The molecule has 0 rings (SSSR count). The molecule has 0 aliphatic rings. The van der Waals surface area contributed by atoms with Crippen molar-refractivity contribution in [2.45, 2.75) is 341 Å². The highest BCUT2D eigenvalue weighted by Crippen LogP contribution is 2.17. The zero-order valence-electron chi connectivity index (χ0n) is 44.0. The molecular formula is C59H115NO5. The number of amides is 1. The number of esters is 1. The first-order valence-electron chi connectivity index (χ1n) is 29.5. The Morgan fingerprint density at radius 2 is 0.708 bits per heavy atom. The predicted octanol–water partition coefficient (Wildman–Crippen LogP) is 18.1. The minimum absolute atomic E-state index is 0.00990. The van der Waals surface area contributed by atoms with Gasteiger partial charge in [0.05, 0.1) is 25.4 Å². The van der Waals surface area contributed by atoms with Crippen LogP contribution in [0.15, 0.2) is 12.2 Å². The summed E-state index contributed by atoms with van der Waals surface area (Å²) in [5.41, 5.74) is 0. The predicted molar refractivity (Wildman–Crippen MR) is 283 cm³/mol. The fraction of sp³-hybridized carbons (Fsp3) is 0.932. The molecule has 2 atom stereocenters. The van der Waals surface area contributed by atoms with E-state index in [2.05, 4.69) is 19.2 Å². The maximum atomic E-state index is 12.5. The van der Waals surface area contributed by atoms with Crippen molar-refractivity contribution in [3.8, 4) is 0 Å². The van der Waals surface area contributed by atoms with E-state index < -0.39 is 12.1 Å². The van der Waals surface area contributed by atoms with Crippen molar-refractivity contribution < 1.29 is 24.5 Å². The highest BCUT2D eigenvalue weighted by molar-refractivity contribution is 5.76. The van der Waals surface area contributed by atoms with Gasteiger partial charge in [0.25, 0.3) is 0 Å². The van der Waals surface area contributed by atoms with Crippen molar-refractivity contribution >= 4 is 11.9 Å². The zero-order chi connectivity index (χ0) is 47.2. The SMILES string of the molecule is CCCCCCCCCCCCCCC/C=C/C(O)C(CO)NC(=O)CCCCCCCCCCCCCCCCCCCCOC(=O)CCCCCCCCCCCCCCCCC. The van der Waals surface area contributed by atoms with Crippen LogP contribution >= 0.6 is 0 Å². The first-order valence-corrected chi connectivity index (χ1v) is 29.5. The van der Waals surface area contributed by atoms with Gasteiger partial charge in [-0.15, -0.1) is 0 Å². The number of allylic oxidation sites excluding steroid dienone is 1. The Hall–Kier alpha value is -1.40. The summed E-state index contributed by atoms with van der Waals surface area (Å²) in [7, 11) is 0. The average molecular weight is 919 g/mol. The molecule has 0 aromatic carbocycles. The highest BCUT2D eigenvalue weighted by atomic mass is 16.5. The van der Waals surface area contributed by atoms with Gasteiger partial charge in [0.15, 0.2) is 0 Å². The minimum Gasteiger partial charge on any atom is -0.466 e. The van der Waals surface area contributed by atoms with Crippen LogP contribution < -0.4 is 5.32 Å². The summed E-state index contributed by atoms with van der Waals surface area (Å²) in [4.78, 5) is 24.5. The van der Waals surface area contributed by atoms with Crippen LogP contribution in [0, 0.1) is 0 Å². The Balaban J connectivity index is 3.41. The number of carbonyl (C=O) groups excluding carboxylic acids is 2. The molecule has 0 aliphatic heterocycles. The highest BCUT2D eigenvalue weighted by Gasteiger charge is 2.18. The number of unbranched alkanes of at least 4 members (excludes halogenated alkanes) is 44. The molecule has 0 saturated heterocycles. The van der Waals surface area contributed by atoms with Gasteiger partial charge in [0.2, 0.25) is 5.91 Å². The molecule has 0 radical (unpaired) electrons. The molecule has 0 aromatic rings. The molecule has 0 heterocycles. The van der Waals surface area contributed by atoms with Crippen LogP contribution in [-0.2, 0) is 14.3 Å². The van der Waals surface area contributed by atoms with Crippen LogP contribution in [0.2, 0.25) is 0 Å². The number of carbonyl (C=O) groups is 2. The summed E-state index contributed by atoms with van der Waals surface area (Å²) in [5, 5.41) is 23.1. The van der Waals surface area contributed by atoms with Gasteiger partial charge < -0.3 is 20.3 Å². The standard InChI is InChI=1S/C59H115NO5/c1-3-5-7-9-11-13-15-17-23-27-31-35-39-43-47-51-57(62)56(55-61)60-58(63)52-48-44-40-36-32-28-25-21-19-20-22-26-30-34-38-42-46-50-54-65-59(64)53-49-45-41-37-33-29-24-18-16-14-12-10-8-6-4-2/h47,51,56-57,61-62H,3-46,48-50,52-55H2,1-2H3,(H,60,63)/b51-47+. The molecule has 0 spiro atoms. The molecule has 2 unspecified atom stereocenters. The lowest BCUT2D eigenvalue weighted by Gasteiger charge is -2.20. The van der Waals surface area contributed by atoms with Crippen LogP contribution in [-0.4, -0.2) is 47.4 Å². The van der Waals surface area contributed by atoms with Crippen molar-refractivity contribution in [1.82, 2.24) is 5.32 Å². The average Bonchev–Trinajstić information content (AvgIpc) is 3.31. The Kier molecular flexibility index (Phi) is 54.0. The first-order chi connectivity index (χ1) is 32.0. The summed E-state index contributed by atoms with van der Waals surface area (Å²) in [6.45, 7) is 4.92. The number of aliphatic hydroxyl groups is 2. The number of nitrogens with one attached hydrogen (secondary N) is 1. The number of ether oxygens (including phenoxy) is 1. The van der Waals surface area contributed by atoms with Gasteiger partial charge >= 0.3 is 5.97 Å².